The second kappa shape index (κ2) is 6.47. The van der Waals surface area contributed by atoms with Crippen molar-refractivity contribution in [2.45, 2.75) is 36.6 Å². The van der Waals surface area contributed by atoms with E-state index in [1.54, 1.807) is 0 Å². The number of nitro groups is 1. The number of nitrogens with two attached hydrogens (primary N) is 1. The Kier molecular flexibility index (Phi) is 4.40. The van der Waals surface area contributed by atoms with Crippen LogP contribution in [-0.4, -0.2) is 50.5 Å². The molecule has 0 spiro atoms. The van der Waals surface area contributed by atoms with Gasteiger partial charge in [-0.05, 0) is 37.2 Å². The number of hydrogen-bond donors (Lipinski definition) is 1. The summed E-state index contributed by atoms with van der Waals surface area (Å²) in [6.07, 6.45) is 5.38. The molecule has 3 fully saturated rings. The Hall–Kier alpha value is -1.71. The van der Waals surface area contributed by atoms with Crippen molar-refractivity contribution in [1.82, 2.24) is 4.90 Å². The second-order valence-corrected chi connectivity index (χ2v) is 9.25. The lowest BCUT2D eigenvalue weighted by atomic mass is 9.93. The Morgan fingerprint density at radius 2 is 1.85 bits per heavy atom. The molecule has 2 N–H and O–H groups in total. The van der Waals surface area contributed by atoms with Crippen LogP contribution in [0.25, 0.3) is 0 Å². The first-order valence-corrected chi connectivity index (χ1v) is 10.7. The summed E-state index contributed by atoms with van der Waals surface area (Å²) in [5.41, 5.74) is 0.198. The van der Waals surface area contributed by atoms with E-state index in [1.807, 2.05) is 4.90 Å². The molecular weight excluding hydrogens is 356 g/mol. The molecule has 0 aromatic heterocycles. The third-order valence-corrected chi connectivity index (χ3v) is 7.23. The smallest absolute Gasteiger partial charge is 0.270 e. The molecule has 9 heteroatoms. The Bertz CT molecular complexity index is 820. The Balaban J connectivity index is 1.51. The predicted molar refractivity (Wildman–Crippen MR) is 97.5 cm³/mol. The minimum Gasteiger partial charge on any atom is -0.368 e. The second-order valence-electron chi connectivity index (χ2n) is 7.72. The van der Waals surface area contributed by atoms with E-state index in [0.29, 0.717) is 24.8 Å². The van der Waals surface area contributed by atoms with E-state index in [4.69, 9.17) is 5.14 Å². The maximum absolute atomic E-state index is 11.9. The number of nitrogens with zero attached hydrogens (tertiary/aromatic N) is 3. The number of nitro benzene ring substituents is 1. The third kappa shape index (κ3) is 3.19. The maximum Gasteiger partial charge on any atom is 0.270 e. The molecular formula is C17H24N4O4S. The fourth-order valence-corrected chi connectivity index (χ4v) is 5.83. The van der Waals surface area contributed by atoms with Crippen molar-refractivity contribution in [1.29, 1.82) is 0 Å². The number of benzene rings is 1. The van der Waals surface area contributed by atoms with Gasteiger partial charge >= 0.3 is 0 Å². The molecule has 0 amide bonds. The van der Waals surface area contributed by atoms with Gasteiger partial charge in [-0.3, -0.25) is 15.0 Å². The highest BCUT2D eigenvalue weighted by atomic mass is 32.2. The summed E-state index contributed by atoms with van der Waals surface area (Å²) in [5, 5.41) is 16.3. The SMILES string of the molecule is NS(=O)(=O)c1cc([N+](=O)[O-])ccc1N1CCN(C2CC3CCC2C3)CC1. The zero-order valence-electron chi connectivity index (χ0n) is 14.6. The van der Waals surface area contributed by atoms with Gasteiger partial charge in [0.2, 0.25) is 10.0 Å². The molecule has 1 aliphatic heterocycles. The number of primary sulfonamides is 1. The first-order chi connectivity index (χ1) is 12.3. The van der Waals surface area contributed by atoms with Crippen LogP contribution in [0.4, 0.5) is 11.4 Å². The molecule has 8 nitrogen and oxygen atoms in total. The van der Waals surface area contributed by atoms with Gasteiger partial charge in [-0.25, -0.2) is 13.6 Å². The average Bonchev–Trinajstić information content (AvgIpc) is 3.24. The molecule has 142 valence electrons. The van der Waals surface area contributed by atoms with Gasteiger partial charge in [0.25, 0.3) is 5.69 Å². The van der Waals surface area contributed by atoms with Gasteiger partial charge in [0.05, 0.1) is 10.6 Å². The first kappa shape index (κ1) is 17.7. The van der Waals surface area contributed by atoms with Crippen molar-refractivity contribution < 1.29 is 13.3 Å². The Morgan fingerprint density at radius 1 is 1.12 bits per heavy atom. The van der Waals surface area contributed by atoms with Crippen molar-refractivity contribution in [3.8, 4) is 0 Å². The molecule has 1 heterocycles. The summed E-state index contributed by atoms with van der Waals surface area (Å²) in [6.45, 7) is 3.17. The highest BCUT2D eigenvalue weighted by Gasteiger charge is 2.42. The molecule has 1 aromatic rings. The quantitative estimate of drug-likeness (QED) is 0.627. The standard InChI is InChI=1S/C17H24N4O4S/c18-26(24,25)17-11-14(21(22)23)3-4-15(17)19-5-7-20(8-6-19)16-10-12-1-2-13(16)9-12/h3-4,11-13,16H,1-2,5-10H2,(H2,18,24,25). The summed E-state index contributed by atoms with van der Waals surface area (Å²) in [7, 11) is -4.03. The molecule has 2 bridgehead atoms. The molecule has 26 heavy (non-hydrogen) atoms. The van der Waals surface area contributed by atoms with Crippen LogP contribution in [-0.2, 0) is 10.0 Å². The monoisotopic (exact) mass is 380 g/mol. The number of fused-ring (bicyclic) bond motifs is 2. The molecule has 1 saturated heterocycles. The minimum absolute atomic E-state index is 0.167. The van der Waals surface area contributed by atoms with Crippen molar-refractivity contribution >= 4 is 21.4 Å². The lowest BCUT2D eigenvalue weighted by Gasteiger charge is -2.42. The third-order valence-electron chi connectivity index (χ3n) is 6.29. The van der Waals surface area contributed by atoms with E-state index in [9.17, 15) is 18.5 Å². The van der Waals surface area contributed by atoms with Crippen LogP contribution >= 0.6 is 0 Å². The predicted octanol–water partition coefficient (Wildman–Crippen LogP) is 1.55. The van der Waals surface area contributed by atoms with Crippen LogP contribution in [0.2, 0.25) is 0 Å². The van der Waals surface area contributed by atoms with Crippen LogP contribution in [0.15, 0.2) is 23.1 Å². The zero-order chi connectivity index (χ0) is 18.5. The topological polar surface area (TPSA) is 110 Å². The van der Waals surface area contributed by atoms with E-state index in [0.717, 1.165) is 31.0 Å². The number of sulfonamides is 1. The summed E-state index contributed by atoms with van der Waals surface area (Å²) < 4.78 is 23.9. The fraction of sp³-hybridized carbons (Fsp3) is 0.647. The lowest BCUT2D eigenvalue weighted by molar-refractivity contribution is -0.385. The first-order valence-electron chi connectivity index (χ1n) is 9.13. The highest BCUT2D eigenvalue weighted by molar-refractivity contribution is 7.89. The van der Waals surface area contributed by atoms with Crippen molar-refractivity contribution in [2.75, 3.05) is 31.1 Å². The number of rotatable bonds is 4. The molecule has 2 aliphatic carbocycles. The van der Waals surface area contributed by atoms with Gasteiger partial charge in [-0.1, -0.05) is 6.42 Å². The van der Waals surface area contributed by atoms with E-state index < -0.39 is 14.9 Å². The van der Waals surface area contributed by atoms with Gasteiger partial charge < -0.3 is 4.90 Å². The van der Waals surface area contributed by atoms with E-state index in [2.05, 4.69) is 4.90 Å². The maximum atomic E-state index is 11.9. The number of piperazine rings is 1. The average molecular weight is 380 g/mol. The summed E-state index contributed by atoms with van der Waals surface area (Å²) in [4.78, 5) is 14.7. The van der Waals surface area contributed by atoms with Gasteiger partial charge in [0, 0.05) is 44.4 Å². The number of hydrogen-bond acceptors (Lipinski definition) is 6. The van der Waals surface area contributed by atoms with Crippen LogP contribution < -0.4 is 10.0 Å². The molecule has 2 saturated carbocycles. The Morgan fingerprint density at radius 3 is 2.38 bits per heavy atom. The van der Waals surface area contributed by atoms with E-state index in [1.165, 1.54) is 37.8 Å². The number of non-ortho nitro benzene ring substituents is 1. The highest BCUT2D eigenvalue weighted by Crippen LogP contribution is 2.46. The van der Waals surface area contributed by atoms with Crippen LogP contribution in [0.5, 0.6) is 0 Å². The molecule has 0 radical (unpaired) electrons. The fourth-order valence-electron chi connectivity index (χ4n) is 5.06. The van der Waals surface area contributed by atoms with Crippen LogP contribution in [0, 0.1) is 22.0 Å². The van der Waals surface area contributed by atoms with Gasteiger partial charge in [-0.15, -0.1) is 0 Å². The van der Waals surface area contributed by atoms with Gasteiger partial charge in [0.1, 0.15) is 4.90 Å². The number of anilines is 1. The normalized spacial score (nSPS) is 29.3. The lowest BCUT2D eigenvalue weighted by Crippen LogP contribution is -2.52. The Labute approximate surface area is 153 Å². The van der Waals surface area contributed by atoms with Crippen LogP contribution in [0.3, 0.4) is 0 Å². The summed E-state index contributed by atoms with van der Waals surface area (Å²) >= 11 is 0. The molecule has 1 aromatic carbocycles. The molecule has 3 aliphatic rings. The van der Waals surface area contributed by atoms with Gasteiger partial charge in [0.15, 0.2) is 0 Å². The minimum atomic E-state index is -4.03. The van der Waals surface area contributed by atoms with E-state index >= 15 is 0 Å². The van der Waals surface area contributed by atoms with Gasteiger partial charge in [-0.2, -0.15) is 0 Å². The molecule has 4 rings (SSSR count). The van der Waals surface area contributed by atoms with Crippen molar-refractivity contribution in [3.05, 3.63) is 28.3 Å². The summed E-state index contributed by atoms with van der Waals surface area (Å²) in [5.74, 6) is 1.72. The van der Waals surface area contributed by atoms with E-state index in [-0.39, 0.29) is 10.6 Å². The molecule has 3 atom stereocenters. The van der Waals surface area contributed by atoms with Crippen molar-refractivity contribution in [2.24, 2.45) is 17.0 Å². The largest absolute Gasteiger partial charge is 0.368 e. The van der Waals surface area contributed by atoms with Crippen molar-refractivity contribution in [3.63, 3.8) is 0 Å². The summed E-state index contributed by atoms with van der Waals surface area (Å²) in [6, 6.07) is 4.58. The van der Waals surface area contributed by atoms with Crippen LogP contribution in [0.1, 0.15) is 25.7 Å². The molecule has 3 unspecified atom stereocenters. The zero-order valence-corrected chi connectivity index (χ0v) is 15.4.